The number of hydrogen-bond acceptors (Lipinski definition) is 3. The Balaban J connectivity index is 3.74. The minimum atomic E-state index is -2.96. The zero-order chi connectivity index (χ0) is 23.3. The Morgan fingerprint density at radius 3 is 1.84 bits per heavy atom. The van der Waals surface area contributed by atoms with E-state index in [0.29, 0.717) is 0 Å². The first-order chi connectivity index (χ1) is 14.9. The average Bonchev–Trinajstić information content (AvgIpc) is 2.77. The van der Waals surface area contributed by atoms with Crippen LogP contribution in [-0.2, 0) is 9.53 Å². The maximum absolute atomic E-state index is 13.2. The van der Waals surface area contributed by atoms with Crippen LogP contribution < -0.4 is 0 Å². The van der Waals surface area contributed by atoms with E-state index in [0.717, 1.165) is 5.57 Å². The number of aliphatic hydroxyl groups is 1. The summed E-state index contributed by atoms with van der Waals surface area (Å²) in [4.78, 5) is 13.2. The van der Waals surface area contributed by atoms with Crippen LogP contribution in [0.4, 0.5) is 0 Å². The van der Waals surface area contributed by atoms with E-state index in [1.807, 2.05) is 26.0 Å². The normalized spacial score (nSPS) is 14.5. The molecule has 1 aromatic carbocycles. The van der Waals surface area contributed by atoms with Gasteiger partial charge in [-0.15, -0.1) is 0 Å². The van der Waals surface area contributed by atoms with Crippen LogP contribution in [0.3, 0.4) is 0 Å². The predicted molar refractivity (Wildman–Crippen MR) is 135 cm³/mol. The second-order valence-electron chi connectivity index (χ2n) is 9.34. The number of carbonyl (C=O) groups excluding carboxylic acids is 1. The Morgan fingerprint density at radius 1 is 0.968 bits per heavy atom. The molecule has 176 valence electrons. The Kier molecular flexibility index (Phi) is 13.7. The molecule has 0 saturated heterocycles. The van der Waals surface area contributed by atoms with Crippen LogP contribution in [0.5, 0.6) is 0 Å². The first-order valence-corrected chi connectivity index (χ1v) is 20.0. The van der Waals surface area contributed by atoms with Crippen molar-refractivity contribution in [1.82, 2.24) is 0 Å². The number of ether oxygens (including phenoxy) is 1. The number of esters is 1. The Bertz CT molecular complexity index is 630. The van der Waals surface area contributed by atoms with Gasteiger partial charge in [0, 0.05) is 0 Å². The molecule has 3 atom stereocenters. The number of methoxy groups -OCH3 is 1. The molecule has 31 heavy (non-hydrogen) atoms. The van der Waals surface area contributed by atoms with Gasteiger partial charge in [0.15, 0.2) is 0 Å². The predicted octanol–water partition coefficient (Wildman–Crippen LogP) is 7.27. The number of allylic oxidation sites excluding steroid dienone is 1. The number of hydrogen-bond donors (Lipinski definition) is 1. The first-order valence-electron chi connectivity index (χ1n) is 12.3. The van der Waals surface area contributed by atoms with Gasteiger partial charge in [-0.25, -0.2) is 0 Å². The van der Waals surface area contributed by atoms with E-state index in [2.05, 4.69) is 45.0 Å². The van der Waals surface area contributed by atoms with Crippen molar-refractivity contribution in [2.24, 2.45) is 5.92 Å². The summed E-state index contributed by atoms with van der Waals surface area (Å²) in [6.45, 7) is 10.8. The van der Waals surface area contributed by atoms with Gasteiger partial charge in [0.25, 0.3) is 0 Å². The fraction of sp³-hybridized carbons (Fsp3) is 0.667. The number of rotatable bonds is 15. The molecule has 0 aliphatic heterocycles. The zero-order valence-electron chi connectivity index (χ0n) is 20.8. The van der Waals surface area contributed by atoms with E-state index in [1.165, 1.54) is 64.5 Å². The van der Waals surface area contributed by atoms with Crippen molar-refractivity contribution in [2.75, 3.05) is 7.11 Å². The van der Waals surface area contributed by atoms with Crippen molar-refractivity contribution >= 4 is 24.3 Å². The molecule has 0 fully saturated rings. The molecule has 3 nitrogen and oxygen atoms in total. The summed E-state index contributed by atoms with van der Waals surface area (Å²) in [5, 5.41) is 11.3. The number of aliphatic hydroxyl groups excluding tert-OH is 1. The molecule has 3 unspecified atom stereocenters. The molecule has 1 rings (SSSR count). The van der Waals surface area contributed by atoms with E-state index in [4.69, 9.17) is 4.74 Å². The van der Waals surface area contributed by atoms with E-state index in [9.17, 15) is 9.90 Å². The quantitative estimate of drug-likeness (QED) is 0.145. The number of unbranched alkanes of at least 4 members (excludes halogenated alkanes) is 3. The molecule has 4 heteroatoms. The van der Waals surface area contributed by atoms with E-state index >= 15 is 0 Å². The molecule has 0 bridgehead atoms. The second kappa shape index (κ2) is 15.1. The minimum absolute atomic E-state index is 0.123. The SMILES string of the molecule is CCC[CH2][Sn]([CH2]CCC)([CH2]CCC)[CH](c1ccccc1)C(C(=O)OC)C(O)C=C(C)C. The van der Waals surface area contributed by atoms with Gasteiger partial charge in [0.1, 0.15) is 0 Å². The molecule has 0 saturated carbocycles. The van der Waals surface area contributed by atoms with Gasteiger partial charge in [0.2, 0.25) is 0 Å². The van der Waals surface area contributed by atoms with Gasteiger partial charge < -0.3 is 0 Å². The molecule has 0 heterocycles. The topological polar surface area (TPSA) is 46.5 Å². The third-order valence-corrected chi connectivity index (χ3v) is 23.9. The van der Waals surface area contributed by atoms with Gasteiger partial charge in [-0.3, -0.25) is 0 Å². The van der Waals surface area contributed by atoms with Crippen LogP contribution in [0.25, 0.3) is 0 Å². The molecule has 1 N–H and O–H groups in total. The molecule has 0 aliphatic rings. The first kappa shape index (κ1) is 28.2. The van der Waals surface area contributed by atoms with E-state index < -0.39 is 30.4 Å². The molecule has 0 amide bonds. The van der Waals surface area contributed by atoms with Gasteiger partial charge in [-0.05, 0) is 0 Å². The van der Waals surface area contributed by atoms with Crippen molar-refractivity contribution in [3.05, 3.63) is 47.5 Å². The third-order valence-electron chi connectivity index (χ3n) is 6.61. The van der Waals surface area contributed by atoms with E-state index in [1.54, 1.807) is 0 Å². The summed E-state index contributed by atoms with van der Waals surface area (Å²) in [7, 11) is 1.47. The molecular weight excluding hydrogens is 491 g/mol. The summed E-state index contributed by atoms with van der Waals surface area (Å²) in [6.07, 6.45) is 8.24. The standard InChI is InChI=1S/C15H19O3.3C4H9.Sn/c1-11(2)9-14(16)13(15(17)18-3)10-12-7-5-4-6-8-12;3*1-3-4-2;/h4-10,13-14,16H,1-3H3;3*1,3-4H2,2H3;. The Labute approximate surface area is 195 Å². The van der Waals surface area contributed by atoms with Crippen molar-refractivity contribution in [2.45, 2.75) is 96.5 Å². The van der Waals surface area contributed by atoms with Crippen molar-refractivity contribution in [1.29, 1.82) is 0 Å². The molecule has 0 spiro atoms. The average molecular weight is 537 g/mol. The van der Waals surface area contributed by atoms with Crippen LogP contribution in [0.2, 0.25) is 13.3 Å². The van der Waals surface area contributed by atoms with Gasteiger partial charge in [-0.1, -0.05) is 0 Å². The maximum atomic E-state index is 13.2. The second-order valence-corrected chi connectivity index (χ2v) is 23.2. The van der Waals surface area contributed by atoms with E-state index in [-0.39, 0.29) is 9.90 Å². The van der Waals surface area contributed by atoms with Crippen molar-refractivity contribution < 1.29 is 14.6 Å². The molecular formula is C27H46O3Sn. The fourth-order valence-corrected chi connectivity index (χ4v) is 24.6. The van der Waals surface area contributed by atoms with Gasteiger partial charge in [0.05, 0.1) is 0 Å². The molecule has 0 radical (unpaired) electrons. The summed E-state index contributed by atoms with van der Waals surface area (Å²) in [5.74, 6) is -0.784. The summed E-state index contributed by atoms with van der Waals surface area (Å²) >= 11 is -2.96. The van der Waals surface area contributed by atoms with Gasteiger partial charge >= 0.3 is 196 Å². The van der Waals surface area contributed by atoms with Crippen LogP contribution in [0.15, 0.2) is 42.0 Å². The Morgan fingerprint density at radius 2 is 1.45 bits per heavy atom. The third kappa shape index (κ3) is 8.57. The van der Waals surface area contributed by atoms with Crippen LogP contribution in [0.1, 0.15) is 82.6 Å². The molecule has 0 aliphatic carbocycles. The summed E-state index contributed by atoms with van der Waals surface area (Å²) < 4.78 is 9.29. The Hall–Kier alpha value is -0.811. The van der Waals surface area contributed by atoms with Crippen LogP contribution >= 0.6 is 0 Å². The van der Waals surface area contributed by atoms with Crippen molar-refractivity contribution in [3.8, 4) is 0 Å². The summed E-state index contributed by atoms with van der Waals surface area (Å²) in [6, 6.07) is 10.6. The zero-order valence-corrected chi connectivity index (χ0v) is 23.7. The van der Waals surface area contributed by atoms with Gasteiger partial charge in [-0.2, -0.15) is 0 Å². The molecule has 1 aromatic rings. The van der Waals surface area contributed by atoms with Crippen LogP contribution in [-0.4, -0.2) is 42.7 Å². The monoisotopic (exact) mass is 538 g/mol. The number of benzene rings is 1. The molecule has 0 aromatic heterocycles. The summed E-state index contributed by atoms with van der Waals surface area (Å²) in [5.41, 5.74) is 2.27. The van der Waals surface area contributed by atoms with Crippen LogP contribution in [0, 0.1) is 5.92 Å². The van der Waals surface area contributed by atoms with Crippen molar-refractivity contribution in [3.63, 3.8) is 0 Å². The number of carbonyl (C=O) groups is 1. The fourth-order valence-electron chi connectivity index (χ4n) is 5.08.